The van der Waals surface area contributed by atoms with Gasteiger partial charge >= 0.3 is 11.9 Å². The molecule has 3 rings (SSSR count). The van der Waals surface area contributed by atoms with E-state index in [1.165, 1.54) is 34.1 Å². The van der Waals surface area contributed by atoms with Crippen molar-refractivity contribution in [2.24, 2.45) is 0 Å². The van der Waals surface area contributed by atoms with Gasteiger partial charge in [0.05, 0.1) is 35.9 Å². The van der Waals surface area contributed by atoms with Gasteiger partial charge in [-0.05, 0) is 39.1 Å². The molecule has 0 amide bonds. The summed E-state index contributed by atoms with van der Waals surface area (Å²) in [5, 5.41) is 0.225. The number of likely N-dealkylation sites (N-methyl/N-ethyl adjacent to an activating group) is 1. The molecule has 0 N–H and O–H groups in total. The third-order valence-corrected chi connectivity index (χ3v) is 6.87. The van der Waals surface area contributed by atoms with Crippen molar-refractivity contribution in [1.29, 1.82) is 0 Å². The van der Waals surface area contributed by atoms with Gasteiger partial charge in [-0.25, -0.2) is 4.79 Å². The standard InChI is InChI=1S/C25H27Cl2NO7/c1-13(29)21-19(32-4)11-20(33-5)22(15-9-10-28(3)18(15)12-34-14(2)30)24(21)35-25(31)16-7-6-8-17(26)23(16)27/h6-8,11,15,18H,9-10,12H2,1-5H3/t15-,18+/m1/s1. The summed E-state index contributed by atoms with van der Waals surface area (Å²) in [6.45, 7) is 3.51. The van der Waals surface area contributed by atoms with E-state index in [9.17, 15) is 14.4 Å². The minimum Gasteiger partial charge on any atom is -0.496 e. The molecule has 0 saturated carbocycles. The van der Waals surface area contributed by atoms with Gasteiger partial charge in [0.25, 0.3) is 0 Å². The van der Waals surface area contributed by atoms with Crippen molar-refractivity contribution in [3.63, 3.8) is 0 Å². The molecule has 1 heterocycles. The molecule has 0 radical (unpaired) electrons. The number of methoxy groups -OCH3 is 2. The first-order valence-electron chi connectivity index (χ1n) is 10.9. The lowest BCUT2D eigenvalue weighted by Gasteiger charge is -2.28. The van der Waals surface area contributed by atoms with Crippen LogP contribution in [0, 0.1) is 0 Å². The lowest BCUT2D eigenvalue weighted by molar-refractivity contribution is -0.142. The van der Waals surface area contributed by atoms with Gasteiger partial charge in [-0.1, -0.05) is 29.3 Å². The van der Waals surface area contributed by atoms with Gasteiger partial charge in [0.1, 0.15) is 23.7 Å². The molecule has 0 spiro atoms. The number of hydrogen-bond acceptors (Lipinski definition) is 8. The Labute approximate surface area is 214 Å². The van der Waals surface area contributed by atoms with E-state index in [1.54, 1.807) is 18.2 Å². The summed E-state index contributed by atoms with van der Waals surface area (Å²) in [6, 6.07) is 5.96. The van der Waals surface area contributed by atoms with Gasteiger partial charge in [-0.2, -0.15) is 0 Å². The predicted molar refractivity (Wildman–Crippen MR) is 131 cm³/mol. The monoisotopic (exact) mass is 523 g/mol. The van der Waals surface area contributed by atoms with Gasteiger partial charge in [0, 0.05) is 24.5 Å². The van der Waals surface area contributed by atoms with Crippen molar-refractivity contribution in [3.05, 3.63) is 51.0 Å². The van der Waals surface area contributed by atoms with E-state index in [0.717, 1.165) is 0 Å². The van der Waals surface area contributed by atoms with E-state index >= 15 is 0 Å². The highest BCUT2D eigenvalue weighted by atomic mass is 35.5. The van der Waals surface area contributed by atoms with Gasteiger partial charge in [0.15, 0.2) is 11.5 Å². The van der Waals surface area contributed by atoms with Gasteiger partial charge in [-0.3, -0.25) is 14.5 Å². The number of Topliss-reactive ketones (excluding diaryl/α,β-unsaturated/α-hetero) is 1. The quantitative estimate of drug-likeness (QED) is 0.277. The Bertz CT molecular complexity index is 1150. The molecule has 2 aromatic rings. The fourth-order valence-electron chi connectivity index (χ4n) is 4.35. The van der Waals surface area contributed by atoms with E-state index in [-0.39, 0.29) is 57.0 Å². The third-order valence-electron chi connectivity index (χ3n) is 6.06. The van der Waals surface area contributed by atoms with E-state index < -0.39 is 11.9 Å². The molecule has 0 aliphatic carbocycles. The fraction of sp³-hybridized carbons (Fsp3) is 0.400. The Morgan fingerprint density at radius 3 is 2.37 bits per heavy atom. The third kappa shape index (κ3) is 5.55. The molecule has 35 heavy (non-hydrogen) atoms. The minimum absolute atomic E-state index is 0.0165. The molecule has 1 aliphatic rings. The Balaban J connectivity index is 2.21. The van der Waals surface area contributed by atoms with Crippen LogP contribution in [-0.4, -0.2) is 63.1 Å². The molecule has 188 valence electrons. The van der Waals surface area contributed by atoms with Gasteiger partial charge < -0.3 is 18.9 Å². The molecule has 2 aromatic carbocycles. The summed E-state index contributed by atoms with van der Waals surface area (Å²) >= 11 is 12.3. The first-order chi connectivity index (χ1) is 16.6. The van der Waals surface area contributed by atoms with Crippen LogP contribution in [0.3, 0.4) is 0 Å². The van der Waals surface area contributed by atoms with Gasteiger partial charge in [0.2, 0.25) is 0 Å². The van der Waals surface area contributed by atoms with Crippen LogP contribution in [0.1, 0.15) is 52.5 Å². The van der Waals surface area contributed by atoms with Crippen LogP contribution in [-0.2, 0) is 9.53 Å². The van der Waals surface area contributed by atoms with Crippen LogP contribution >= 0.6 is 23.2 Å². The predicted octanol–water partition coefficient (Wildman–Crippen LogP) is 4.78. The van der Waals surface area contributed by atoms with Crippen molar-refractivity contribution in [1.82, 2.24) is 4.90 Å². The molecular formula is C25H27Cl2NO7. The van der Waals surface area contributed by atoms with Crippen LogP contribution in [0.25, 0.3) is 0 Å². The zero-order chi connectivity index (χ0) is 25.9. The maximum atomic E-state index is 13.3. The molecule has 10 heteroatoms. The van der Waals surface area contributed by atoms with E-state index in [2.05, 4.69) is 0 Å². The maximum absolute atomic E-state index is 13.3. The number of ketones is 1. The number of nitrogens with zero attached hydrogens (tertiary/aromatic N) is 1. The summed E-state index contributed by atoms with van der Waals surface area (Å²) in [6.07, 6.45) is 0.644. The van der Waals surface area contributed by atoms with Crippen molar-refractivity contribution in [3.8, 4) is 17.2 Å². The Kier molecular flexibility index (Phi) is 8.64. The molecule has 8 nitrogen and oxygen atoms in total. The van der Waals surface area contributed by atoms with Crippen molar-refractivity contribution in [2.75, 3.05) is 34.4 Å². The number of ether oxygens (including phenoxy) is 4. The zero-order valence-electron chi connectivity index (χ0n) is 20.1. The molecule has 0 unspecified atom stereocenters. The second-order valence-electron chi connectivity index (χ2n) is 8.19. The molecule has 1 aliphatic heterocycles. The molecule has 0 bridgehead atoms. The van der Waals surface area contributed by atoms with Gasteiger partial charge in [-0.15, -0.1) is 0 Å². The fourth-order valence-corrected chi connectivity index (χ4v) is 4.73. The number of carbonyl (C=O) groups is 3. The Hall–Kier alpha value is -2.81. The minimum atomic E-state index is -0.792. The SMILES string of the molecule is COc1cc(OC)c([C@@H]2CCN(C)[C@H]2COC(C)=O)c(OC(=O)c2cccc(Cl)c2Cl)c1C(C)=O. The first-order valence-corrected chi connectivity index (χ1v) is 11.7. The summed E-state index contributed by atoms with van der Waals surface area (Å²) in [5.74, 6) is -1.26. The molecule has 1 saturated heterocycles. The van der Waals surface area contributed by atoms with Crippen molar-refractivity contribution >= 4 is 40.9 Å². The van der Waals surface area contributed by atoms with Crippen molar-refractivity contribution < 1.29 is 33.3 Å². The second kappa shape index (κ2) is 11.3. The topological polar surface area (TPSA) is 91.4 Å². The number of likely N-dealkylation sites (tertiary alicyclic amines) is 1. The van der Waals surface area contributed by atoms with Crippen LogP contribution < -0.4 is 14.2 Å². The number of benzene rings is 2. The average molecular weight is 524 g/mol. The number of carbonyl (C=O) groups excluding carboxylic acids is 3. The molecular weight excluding hydrogens is 497 g/mol. The van der Waals surface area contributed by atoms with Crippen molar-refractivity contribution in [2.45, 2.75) is 32.2 Å². The zero-order valence-corrected chi connectivity index (χ0v) is 21.7. The van der Waals surface area contributed by atoms with E-state index in [4.69, 9.17) is 42.1 Å². The smallest absolute Gasteiger partial charge is 0.345 e. The molecule has 1 fully saturated rings. The highest BCUT2D eigenvalue weighted by Crippen LogP contribution is 2.48. The highest BCUT2D eigenvalue weighted by molar-refractivity contribution is 6.43. The summed E-state index contributed by atoms with van der Waals surface area (Å²) < 4.78 is 22.3. The maximum Gasteiger partial charge on any atom is 0.345 e. The number of esters is 2. The van der Waals surface area contributed by atoms with Crippen LogP contribution in [0.4, 0.5) is 0 Å². The van der Waals surface area contributed by atoms with Crippen LogP contribution in [0.5, 0.6) is 17.2 Å². The van der Waals surface area contributed by atoms with E-state index in [1.807, 2.05) is 11.9 Å². The lowest BCUT2D eigenvalue weighted by Crippen LogP contribution is -2.34. The van der Waals surface area contributed by atoms with E-state index in [0.29, 0.717) is 24.3 Å². The van der Waals surface area contributed by atoms with Crippen LogP contribution in [0.15, 0.2) is 24.3 Å². The summed E-state index contributed by atoms with van der Waals surface area (Å²) in [4.78, 5) is 39.6. The highest BCUT2D eigenvalue weighted by Gasteiger charge is 2.40. The number of halogens is 2. The van der Waals surface area contributed by atoms with Crippen LogP contribution in [0.2, 0.25) is 10.0 Å². The molecule has 2 atom stereocenters. The Morgan fingerprint density at radius 1 is 1.09 bits per heavy atom. The second-order valence-corrected chi connectivity index (χ2v) is 8.98. The summed E-state index contributed by atoms with van der Waals surface area (Å²) in [7, 11) is 4.80. The number of hydrogen-bond donors (Lipinski definition) is 0. The first kappa shape index (κ1) is 26.8. The average Bonchev–Trinajstić information content (AvgIpc) is 3.17. The summed E-state index contributed by atoms with van der Waals surface area (Å²) in [5.41, 5.74) is 0.642. The largest absolute Gasteiger partial charge is 0.496 e. The number of rotatable bonds is 8. The Morgan fingerprint density at radius 2 is 1.77 bits per heavy atom. The molecule has 0 aromatic heterocycles. The lowest BCUT2D eigenvalue weighted by atomic mass is 9.87. The normalized spacial score (nSPS) is 17.7.